The number of hydrogen-bond donors (Lipinski definition) is 0. The molecule has 0 amide bonds. The average Bonchev–Trinajstić information content (AvgIpc) is 2.38. The van der Waals surface area contributed by atoms with Gasteiger partial charge in [0.2, 0.25) is 0 Å². The van der Waals surface area contributed by atoms with Gasteiger partial charge in [0.15, 0.2) is 5.79 Å². The molecule has 2 nitrogen and oxygen atoms in total. The van der Waals surface area contributed by atoms with Crippen molar-refractivity contribution in [2.24, 2.45) is 5.92 Å². The molecule has 1 atom stereocenters. The molecule has 0 saturated carbocycles. The minimum absolute atomic E-state index is 0.451. The van der Waals surface area contributed by atoms with E-state index in [4.69, 9.17) is 9.47 Å². The summed E-state index contributed by atoms with van der Waals surface area (Å²) < 4.78 is 10.9. The highest BCUT2D eigenvalue weighted by Gasteiger charge is 2.26. The first-order valence-electron chi connectivity index (χ1n) is 7.35. The monoisotopic (exact) mass is 256 g/mol. The number of methoxy groups -OCH3 is 2. The van der Waals surface area contributed by atoms with Crippen molar-refractivity contribution in [2.45, 2.75) is 71.5 Å². The van der Waals surface area contributed by atoms with E-state index in [0.717, 1.165) is 6.42 Å². The second-order valence-electron chi connectivity index (χ2n) is 5.23. The smallest absolute Gasteiger partial charge is 0.165 e. The van der Waals surface area contributed by atoms with Crippen LogP contribution >= 0.6 is 0 Å². The molecule has 2 heteroatoms. The quantitative estimate of drug-likeness (QED) is 0.296. The molecule has 0 aromatic heterocycles. The maximum absolute atomic E-state index is 5.45. The van der Waals surface area contributed by atoms with E-state index >= 15 is 0 Å². The predicted octanol–water partition coefficient (Wildman–Crippen LogP) is 4.94. The van der Waals surface area contributed by atoms with Crippen LogP contribution in [0.2, 0.25) is 0 Å². The predicted molar refractivity (Wildman–Crippen MR) is 78.7 cm³/mol. The van der Waals surface area contributed by atoms with Crippen LogP contribution in [-0.2, 0) is 9.47 Å². The standard InChI is InChI=1S/C16H32O2/c1-6-8-9-10-11-13-15(12-7-2)14-16(3,17-4)18-5/h7,12,15H,6,8-11,13-14H2,1-5H3. The fourth-order valence-corrected chi connectivity index (χ4v) is 2.27. The van der Waals surface area contributed by atoms with Crippen LogP contribution in [-0.4, -0.2) is 20.0 Å². The van der Waals surface area contributed by atoms with Crippen LogP contribution in [0.4, 0.5) is 0 Å². The van der Waals surface area contributed by atoms with Gasteiger partial charge >= 0.3 is 0 Å². The molecule has 0 aliphatic rings. The van der Waals surface area contributed by atoms with Crippen LogP contribution in [0.15, 0.2) is 12.2 Å². The third-order valence-electron chi connectivity index (χ3n) is 3.64. The van der Waals surface area contributed by atoms with E-state index in [0.29, 0.717) is 5.92 Å². The van der Waals surface area contributed by atoms with Crippen molar-refractivity contribution in [3.8, 4) is 0 Å². The molecule has 108 valence electrons. The first-order chi connectivity index (χ1) is 8.61. The summed E-state index contributed by atoms with van der Waals surface area (Å²) >= 11 is 0. The van der Waals surface area contributed by atoms with Crippen molar-refractivity contribution >= 4 is 0 Å². The summed E-state index contributed by atoms with van der Waals surface area (Å²) in [5.41, 5.74) is 0. The van der Waals surface area contributed by atoms with Crippen molar-refractivity contribution in [3.63, 3.8) is 0 Å². The van der Waals surface area contributed by atoms with Crippen LogP contribution in [0.3, 0.4) is 0 Å². The Hall–Kier alpha value is -0.340. The Bertz CT molecular complexity index is 207. The van der Waals surface area contributed by atoms with Crippen molar-refractivity contribution in [1.29, 1.82) is 0 Å². The fourth-order valence-electron chi connectivity index (χ4n) is 2.27. The summed E-state index contributed by atoms with van der Waals surface area (Å²) in [7, 11) is 3.44. The van der Waals surface area contributed by atoms with Gasteiger partial charge in [0, 0.05) is 20.6 Å². The molecular weight excluding hydrogens is 224 g/mol. The van der Waals surface area contributed by atoms with E-state index in [-0.39, 0.29) is 0 Å². The highest BCUT2D eigenvalue weighted by molar-refractivity contribution is 4.88. The van der Waals surface area contributed by atoms with E-state index < -0.39 is 5.79 Å². The lowest BCUT2D eigenvalue weighted by molar-refractivity contribution is -0.202. The van der Waals surface area contributed by atoms with Crippen LogP contribution in [0.1, 0.15) is 65.7 Å². The highest BCUT2D eigenvalue weighted by atomic mass is 16.7. The maximum Gasteiger partial charge on any atom is 0.165 e. The van der Waals surface area contributed by atoms with Gasteiger partial charge in [-0.2, -0.15) is 0 Å². The molecule has 0 fully saturated rings. The first-order valence-corrected chi connectivity index (χ1v) is 7.35. The molecule has 0 spiro atoms. The normalized spacial score (nSPS) is 14.3. The molecule has 0 aromatic rings. The highest BCUT2D eigenvalue weighted by Crippen LogP contribution is 2.26. The third-order valence-corrected chi connectivity index (χ3v) is 3.64. The zero-order valence-corrected chi connectivity index (χ0v) is 13.0. The molecule has 0 bridgehead atoms. The zero-order valence-electron chi connectivity index (χ0n) is 13.0. The minimum atomic E-state index is -0.451. The first kappa shape index (κ1) is 17.7. The van der Waals surface area contributed by atoms with E-state index in [1.807, 2.05) is 6.92 Å². The minimum Gasteiger partial charge on any atom is -0.353 e. The Labute approximate surface area is 114 Å². The van der Waals surface area contributed by atoms with Gasteiger partial charge in [-0.25, -0.2) is 0 Å². The van der Waals surface area contributed by atoms with Gasteiger partial charge in [0.25, 0.3) is 0 Å². The Morgan fingerprint density at radius 1 is 1.06 bits per heavy atom. The summed E-state index contributed by atoms with van der Waals surface area (Å²) in [4.78, 5) is 0. The second kappa shape index (κ2) is 10.6. The van der Waals surface area contributed by atoms with E-state index in [2.05, 4.69) is 26.0 Å². The topological polar surface area (TPSA) is 18.5 Å². The maximum atomic E-state index is 5.45. The van der Waals surface area contributed by atoms with Gasteiger partial charge in [-0.15, -0.1) is 0 Å². The fraction of sp³-hybridized carbons (Fsp3) is 0.875. The van der Waals surface area contributed by atoms with E-state index in [1.54, 1.807) is 14.2 Å². The van der Waals surface area contributed by atoms with Crippen LogP contribution < -0.4 is 0 Å². The number of unbranched alkanes of at least 4 members (excludes halogenated alkanes) is 4. The molecule has 18 heavy (non-hydrogen) atoms. The van der Waals surface area contributed by atoms with Crippen molar-refractivity contribution in [2.75, 3.05) is 14.2 Å². The number of ether oxygens (including phenoxy) is 2. The molecule has 0 aliphatic heterocycles. The Balaban J connectivity index is 4.06. The van der Waals surface area contributed by atoms with Gasteiger partial charge in [-0.3, -0.25) is 0 Å². The largest absolute Gasteiger partial charge is 0.353 e. The van der Waals surface area contributed by atoms with E-state index in [1.165, 1.54) is 38.5 Å². The number of hydrogen-bond acceptors (Lipinski definition) is 2. The zero-order chi connectivity index (χ0) is 13.9. The Morgan fingerprint density at radius 3 is 2.17 bits per heavy atom. The molecule has 1 unspecified atom stereocenters. The average molecular weight is 256 g/mol. The summed E-state index contributed by atoms with van der Waals surface area (Å²) in [5, 5.41) is 0. The van der Waals surface area contributed by atoms with Gasteiger partial charge < -0.3 is 9.47 Å². The number of rotatable bonds is 11. The molecule has 0 heterocycles. The molecule has 0 rings (SSSR count). The van der Waals surface area contributed by atoms with Crippen LogP contribution in [0.25, 0.3) is 0 Å². The van der Waals surface area contributed by atoms with Crippen molar-refractivity contribution < 1.29 is 9.47 Å². The third kappa shape index (κ3) is 7.88. The van der Waals surface area contributed by atoms with Crippen molar-refractivity contribution in [1.82, 2.24) is 0 Å². The number of allylic oxidation sites excluding steroid dienone is 2. The van der Waals surface area contributed by atoms with Crippen LogP contribution in [0.5, 0.6) is 0 Å². The van der Waals surface area contributed by atoms with Gasteiger partial charge in [-0.05, 0) is 26.2 Å². The molecule has 0 aliphatic carbocycles. The van der Waals surface area contributed by atoms with Gasteiger partial charge in [0.1, 0.15) is 0 Å². The summed E-state index contributed by atoms with van der Waals surface area (Å²) in [5.74, 6) is 0.106. The van der Waals surface area contributed by atoms with Crippen LogP contribution in [0, 0.1) is 5.92 Å². The lowest BCUT2D eigenvalue weighted by atomic mass is 9.93. The van der Waals surface area contributed by atoms with Gasteiger partial charge in [-0.1, -0.05) is 51.2 Å². The lowest BCUT2D eigenvalue weighted by Crippen LogP contribution is -2.32. The molecular formula is C16H32O2. The summed E-state index contributed by atoms with van der Waals surface area (Å²) in [6, 6.07) is 0. The molecule has 0 saturated heterocycles. The van der Waals surface area contributed by atoms with E-state index in [9.17, 15) is 0 Å². The van der Waals surface area contributed by atoms with Gasteiger partial charge in [0.05, 0.1) is 0 Å². The second-order valence-corrected chi connectivity index (χ2v) is 5.23. The SMILES string of the molecule is CC=CC(CCCCCCC)CC(C)(OC)OC. The molecule has 0 radical (unpaired) electrons. The summed E-state index contributed by atoms with van der Waals surface area (Å²) in [6.07, 6.45) is 13.3. The Kier molecular flexibility index (Phi) is 10.4. The van der Waals surface area contributed by atoms with Crippen molar-refractivity contribution in [3.05, 3.63) is 12.2 Å². The Morgan fingerprint density at radius 2 is 1.67 bits per heavy atom. The lowest BCUT2D eigenvalue weighted by Gasteiger charge is -2.29. The summed E-state index contributed by atoms with van der Waals surface area (Å²) in [6.45, 7) is 6.35. The molecule has 0 aromatic carbocycles. The molecule has 0 N–H and O–H groups in total.